The third-order valence-corrected chi connectivity index (χ3v) is 23.9. The molecule has 0 aliphatic carbocycles. The van der Waals surface area contributed by atoms with Crippen LogP contribution in [0.3, 0.4) is 0 Å². The van der Waals surface area contributed by atoms with E-state index in [-0.39, 0.29) is 0 Å². The van der Waals surface area contributed by atoms with Gasteiger partial charge < -0.3 is 0 Å². The lowest BCUT2D eigenvalue weighted by Gasteiger charge is -2.37. The van der Waals surface area contributed by atoms with Gasteiger partial charge in [-0.05, 0) is 136 Å². The first kappa shape index (κ1) is 44.9. The molecule has 8 aromatic rings. The molecule has 2 heterocycles. The summed E-state index contributed by atoms with van der Waals surface area (Å²) in [4.78, 5) is 0. The summed E-state index contributed by atoms with van der Waals surface area (Å²) in [6, 6.07) is 86.9. The first-order valence-corrected chi connectivity index (χ1v) is 28.9. The van der Waals surface area contributed by atoms with E-state index in [1.54, 1.807) is 0 Å². The van der Waals surface area contributed by atoms with Crippen LogP contribution in [0, 0.1) is 45.3 Å². The van der Waals surface area contributed by atoms with E-state index in [2.05, 4.69) is 207 Å². The lowest BCUT2D eigenvalue weighted by molar-refractivity contribution is 1.33. The van der Waals surface area contributed by atoms with Crippen molar-refractivity contribution in [1.82, 2.24) is 0 Å². The Morgan fingerprint density at radius 2 is 0.443 bits per heavy atom. The van der Waals surface area contributed by atoms with Gasteiger partial charge in [0.15, 0.2) is 0 Å². The van der Waals surface area contributed by atoms with E-state index in [0.717, 1.165) is 56.6 Å². The van der Waals surface area contributed by atoms with Gasteiger partial charge in [-0.2, -0.15) is 21.0 Å². The van der Waals surface area contributed by atoms with Gasteiger partial charge in [0.05, 0.1) is 46.5 Å². The smallest absolute Gasteiger partial charge is 0.118 e. The molecule has 70 heavy (non-hydrogen) atoms. The van der Waals surface area contributed by atoms with Crippen LogP contribution in [0.5, 0.6) is 0 Å². The summed E-state index contributed by atoms with van der Waals surface area (Å²) in [6.45, 7) is 5.10. The summed E-state index contributed by atoms with van der Waals surface area (Å²) < 4.78 is 0. The van der Waals surface area contributed by atoms with E-state index in [4.69, 9.17) is 0 Å². The zero-order chi connectivity index (χ0) is 48.2. The zero-order valence-corrected chi connectivity index (χ0v) is 41.0. The van der Waals surface area contributed by atoms with E-state index in [9.17, 15) is 21.0 Å². The number of benzene rings is 8. The normalized spacial score (nSPS) is 14.8. The van der Waals surface area contributed by atoms with Crippen molar-refractivity contribution in [2.45, 2.75) is 25.2 Å². The minimum absolute atomic E-state index is 0.609. The number of hydrogen-bond donors (Lipinski definition) is 0. The summed E-state index contributed by atoms with van der Waals surface area (Å²) in [5.41, 5.74) is 16.1. The van der Waals surface area contributed by atoms with Crippen LogP contribution in [0.4, 0.5) is 0 Å². The van der Waals surface area contributed by atoms with Crippen LogP contribution < -0.4 is 0 Å². The fourth-order valence-electron chi connectivity index (χ4n) is 11.1. The van der Waals surface area contributed by atoms with Gasteiger partial charge in [-0.3, -0.25) is 0 Å². The molecule has 6 heteroatoms. The molecule has 8 aromatic carbocycles. The van der Waals surface area contributed by atoms with Gasteiger partial charge >= 0.3 is 0 Å². The summed E-state index contributed by atoms with van der Waals surface area (Å²) in [7, 11) is -5.97. The third kappa shape index (κ3) is 7.99. The second-order valence-corrected chi connectivity index (χ2v) is 26.7. The van der Waals surface area contributed by atoms with Crippen LogP contribution in [0.2, 0.25) is 25.2 Å². The van der Waals surface area contributed by atoms with Crippen molar-refractivity contribution < 1.29 is 0 Å². The SMILES string of the molecule is C[Si]1(CC[Si]2(C)C(c3ccc(C#N)cc3)=C(c3ccccc3)C(c3ccccc3)=C2c2ccc(C#N)cc2)C(c2ccc(C#N)cc2)=C(c2ccccc2)C(c2ccccc2)=C1c1ccc(C#N)cc1. The maximum absolute atomic E-state index is 10.1. The predicted octanol–water partition coefficient (Wildman–Crippen LogP) is 15.3. The molecule has 2 aliphatic rings. The number of rotatable bonds is 11. The Morgan fingerprint density at radius 3 is 0.614 bits per heavy atom. The molecule has 0 unspecified atom stereocenters. The van der Waals surface area contributed by atoms with Gasteiger partial charge in [0.25, 0.3) is 0 Å². The number of allylic oxidation sites excluding steroid dienone is 4. The topological polar surface area (TPSA) is 95.2 Å². The Kier molecular flexibility index (Phi) is 12.2. The second-order valence-electron chi connectivity index (χ2n) is 18.4. The molecule has 0 fully saturated rings. The van der Waals surface area contributed by atoms with Gasteiger partial charge in [0.2, 0.25) is 0 Å². The zero-order valence-electron chi connectivity index (χ0n) is 39.0. The molecule has 0 saturated heterocycles. The molecule has 0 aromatic heterocycles. The van der Waals surface area contributed by atoms with E-state index in [1.807, 2.05) is 48.5 Å². The van der Waals surface area contributed by atoms with Crippen molar-refractivity contribution in [3.05, 3.63) is 285 Å². The van der Waals surface area contributed by atoms with E-state index < -0.39 is 16.1 Å². The Hall–Kier alpha value is -8.89. The van der Waals surface area contributed by atoms with Gasteiger partial charge in [-0.25, -0.2) is 0 Å². The van der Waals surface area contributed by atoms with Gasteiger partial charge in [-0.1, -0.05) is 195 Å². The second kappa shape index (κ2) is 19.0. The predicted molar refractivity (Wildman–Crippen MR) is 291 cm³/mol. The molecule has 0 radical (unpaired) electrons. The first-order chi connectivity index (χ1) is 34.3. The highest BCUT2D eigenvalue weighted by atomic mass is 28.3. The van der Waals surface area contributed by atoms with Crippen molar-refractivity contribution in [3.63, 3.8) is 0 Å². The minimum atomic E-state index is -2.98. The Balaban J connectivity index is 1.31. The van der Waals surface area contributed by atoms with Crippen molar-refractivity contribution in [2.75, 3.05) is 0 Å². The minimum Gasteiger partial charge on any atom is -0.192 e. The highest BCUT2D eigenvalue weighted by Gasteiger charge is 2.52. The van der Waals surface area contributed by atoms with Gasteiger partial charge in [0, 0.05) is 0 Å². The van der Waals surface area contributed by atoms with E-state index >= 15 is 0 Å². The Bertz CT molecular complexity index is 3110. The van der Waals surface area contributed by atoms with Gasteiger partial charge in [-0.15, -0.1) is 0 Å². The highest BCUT2D eigenvalue weighted by Crippen LogP contribution is 2.61. The molecule has 330 valence electrons. The molecule has 0 atom stereocenters. The maximum atomic E-state index is 10.1. The number of nitriles is 4. The van der Waals surface area contributed by atoms with Crippen molar-refractivity contribution >= 4 is 59.2 Å². The molecule has 0 spiro atoms. The van der Waals surface area contributed by atoms with Crippen LogP contribution in [-0.2, 0) is 0 Å². The van der Waals surface area contributed by atoms with E-state index in [0.29, 0.717) is 22.3 Å². The summed E-state index contributed by atoms with van der Waals surface area (Å²) in [5.74, 6) is 0. The average Bonchev–Trinajstić information content (AvgIpc) is 3.87. The maximum Gasteiger partial charge on any atom is 0.118 e. The Labute approximate surface area is 412 Å². The van der Waals surface area contributed by atoms with E-state index in [1.165, 1.54) is 43.1 Å². The monoisotopic (exact) mass is 926 g/mol. The van der Waals surface area contributed by atoms with Crippen molar-refractivity contribution in [2.24, 2.45) is 0 Å². The molecule has 0 amide bonds. The lowest BCUT2D eigenvalue weighted by atomic mass is 9.89. The molecule has 0 N–H and O–H groups in total. The standard InChI is InChI=1S/C64H46N4Si2/c1-69(61(53-31-23-45(41-65)24-32-53)57(49-15-7-3-8-16-49)58(50-17-9-4-10-18-50)62(69)54-33-25-46(42-66)26-34-54)39-40-70(2)63(55-35-27-47(43-67)28-36-55)59(51-19-11-5-12-20-51)60(52-21-13-6-14-22-52)64(70)56-37-29-48(44-68)30-38-56/h3-38H,39-40H2,1-2H3. The molecular weight excluding hydrogens is 881 g/mol. The highest BCUT2D eigenvalue weighted by molar-refractivity contribution is 7.17. The molecular formula is C64H46N4Si2. The summed E-state index contributed by atoms with van der Waals surface area (Å²) in [5, 5.41) is 45.5. The molecule has 0 bridgehead atoms. The van der Waals surface area contributed by atoms with Crippen LogP contribution >= 0.6 is 0 Å². The fraction of sp³-hybridized carbons (Fsp3) is 0.0625. The Morgan fingerprint density at radius 1 is 0.257 bits per heavy atom. The van der Waals surface area contributed by atoms with Crippen LogP contribution in [0.15, 0.2) is 218 Å². The van der Waals surface area contributed by atoms with Crippen molar-refractivity contribution in [3.8, 4) is 24.3 Å². The fourth-order valence-corrected chi connectivity index (χ4v) is 23.1. The third-order valence-electron chi connectivity index (χ3n) is 14.3. The van der Waals surface area contributed by atoms with Crippen LogP contribution in [-0.4, -0.2) is 16.1 Å². The largest absolute Gasteiger partial charge is 0.192 e. The first-order valence-electron chi connectivity index (χ1n) is 23.5. The van der Waals surface area contributed by atoms with Crippen molar-refractivity contribution in [1.29, 1.82) is 21.0 Å². The van der Waals surface area contributed by atoms with Crippen LogP contribution in [0.25, 0.3) is 43.1 Å². The quantitative estimate of drug-likeness (QED) is 0.121. The number of hydrogen-bond acceptors (Lipinski definition) is 4. The summed E-state index contributed by atoms with van der Waals surface area (Å²) in [6.07, 6.45) is 0. The molecule has 2 aliphatic heterocycles. The number of nitrogens with zero attached hydrogens (tertiary/aromatic N) is 4. The van der Waals surface area contributed by atoms with Gasteiger partial charge in [0.1, 0.15) is 16.1 Å². The van der Waals surface area contributed by atoms with Crippen LogP contribution in [0.1, 0.15) is 66.8 Å². The average molecular weight is 927 g/mol. The molecule has 10 rings (SSSR count). The molecule has 0 saturated carbocycles. The summed E-state index contributed by atoms with van der Waals surface area (Å²) >= 11 is 0. The molecule has 4 nitrogen and oxygen atoms in total. The lowest BCUT2D eigenvalue weighted by Crippen LogP contribution is -2.39.